The summed E-state index contributed by atoms with van der Waals surface area (Å²) in [5.74, 6) is 0.470. The Morgan fingerprint density at radius 2 is 1.59 bits per heavy atom. The molecular formula is C26H30O3. The summed E-state index contributed by atoms with van der Waals surface area (Å²) in [6.45, 7) is 6.56. The molecule has 3 atom stereocenters. The Morgan fingerprint density at radius 3 is 2.21 bits per heavy atom. The minimum absolute atomic E-state index is 0.0862. The van der Waals surface area contributed by atoms with Crippen LogP contribution in [0.15, 0.2) is 66.2 Å². The lowest BCUT2D eigenvalue weighted by atomic mass is 9.75. The summed E-state index contributed by atoms with van der Waals surface area (Å²) in [6.07, 6.45) is 4.57. The zero-order valence-corrected chi connectivity index (χ0v) is 17.5. The first-order chi connectivity index (χ1) is 14.0. The first kappa shape index (κ1) is 21.0. The number of ketones is 1. The van der Waals surface area contributed by atoms with Crippen molar-refractivity contribution in [3.63, 3.8) is 0 Å². The van der Waals surface area contributed by atoms with Crippen LogP contribution in [-0.2, 0) is 9.53 Å². The van der Waals surface area contributed by atoms with Gasteiger partial charge in [0.2, 0.25) is 0 Å². The monoisotopic (exact) mass is 390 g/mol. The number of ether oxygens (including phenoxy) is 1. The Kier molecular flexibility index (Phi) is 7.03. The maximum absolute atomic E-state index is 13.2. The standard InChI is InChI=1S/C26H30O3/c1-18(2)22-15-14-19(3)16-24(22)29-26(28)23(17-20-10-6-4-7-11-20)25(27)21-12-8-5-9-13-21/h4-13,17-19,22,24H,14-16H2,1-3H3/b23-17-/t19-,22-,24+/m0/s1. The molecule has 0 aromatic heterocycles. The van der Waals surface area contributed by atoms with Gasteiger partial charge in [-0.3, -0.25) is 4.79 Å². The quantitative estimate of drug-likeness (QED) is 0.201. The zero-order chi connectivity index (χ0) is 20.8. The molecule has 0 amide bonds. The van der Waals surface area contributed by atoms with E-state index in [1.165, 1.54) is 0 Å². The lowest BCUT2D eigenvalue weighted by Gasteiger charge is -2.36. The molecule has 1 aliphatic carbocycles. The highest BCUT2D eigenvalue weighted by molar-refractivity contribution is 6.26. The normalized spacial score (nSPS) is 22.3. The molecule has 3 heteroatoms. The van der Waals surface area contributed by atoms with E-state index in [0.29, 0.717) is 23.3 Å². The molecule has 0 N–H and O–H groups in total. The summed E-state index contributed by atoms with van der Waals surface area (Å²) in [4.78, 5) is 26.3. The van der Waals surface area contributed by atoms with Crippen molar-refractivity contribution in [2.24, 2.45) is 17.8 Å². The van der Waals surface area contributed by atoms with Gasteiger partial charge in [0.1, 0.15) is 11.7 Å². The van der Waals surface area contributed by atoms with E-state index in [1.807, 2.05) is 36.4 Å². The minimum atomic E-state index is -0.521. The molecule has 0 unspecified atom stereocenters. The van der Waals surface area contributed by atoms with E-state index < -0.39 is 5.97 Å². The van der Waals surface area contributed by atoms with Gasteiger partial charge in [-0.25, -0.2) is 4.79 Å². The highest BCUT2D eigenvalue weighted by atomic mass is 16.5. The number of carbonyl (C=O) groups is 2. The summed E-state index contributed by atoms with van der Waals surface area (Å²) >= 11 is 0. The molecule has 1 fully saturated rings. The van der Waals surface area contributed by atoms with Crippen LogP contribution in [-0.4, -0.2) is 17.9 Å². The first-order valence-corrected chi connectivity index (χ1v) is 10.5. The summed E-state index contributed by atoms with van der Waals surface area (Å²) in [7, 11) is 0. The average molecular weight is 391 g/mol. The van der Waals surface area contributed by atoms with Crippen LogP contribution in [0.3, 0.4) is 0 Å². The molecule has 2 aromatic rings. The number of rotatable bonds is 6. The number of hydrogen-bond donors (Lipinski definition) is 0. The maximum atomic E-state index is 13.2. The van der Waals surface area contributed by atoms with Gasteiger partial charge in [-0.05, 0) is 42.2 Å². The van der Waals surface area contributed by atoms with Crippen LogP contribution in [0.2, 0.25) is 0 Å². The van der Waals surface area contributed by atoms with Crippen LogP contribution < -0.4 is 0 Å². The molecule has 3 rings (SSSR count). The molecule has 0 heterocycles. The third kappa shape index (κ3) is 5.44. The predicted octanol–water partition coefficient (Wildman–Crippen LogP) is 5.96. The SMILES string of the molecule is CC(C)[C@@H]1CC[C@H](C)C[C@H]1OC(=O)/C(=C\c1ccccc1)C(=O)c1ccccc1. The highest BCUT2D eigenvalue weighted by Gasteiger charge is 2.35. The van der Waals surface area contributed by atoms with E-state index in [4.69, 9.17) is 4.74 Å². The summed E-state index contributed by atoms with van der Waals surface area (Å²) in [6, 6.07) is 18.4. The van der Waals surface area contributed by atoms with E-state index in [9.17, 15) is 9.59 Å². The largest absolute Gasteiger partial charge is 0.458 e. The second kappa shape index (κ2) is 9.69. The van der Waals surface area contributed by atoms with Crippen molar-refractivity contribution < 1.29 is 14.3 Å². The van der Waals surface area contributed by atoms with Gasteiger partial charge in [-0.2, -0.15) is 0 Å². The fraction of sp³-hybridized carbons (Fsp3) is 0.385. The fourth-order valence-electron chi connectivity index (χ4n) is 4.13. The maximum Gasteiger partial charge on any atom is 0.342 e. The van der Waals surface area contributed by atoms with E-state index in [1.54, 1.807) is 30.3 Å². The second-order valence-electron chi connectivity index (χ2n) is 8.43. The van der Waals surface area contributed by atoms with Gasteiger partial charge in [0.25, 0.3) is 0 Å². The van der Waals surface area contributed by atoms with E-state index in [-0.39, 0.29) is 17.5 Å². The predicted molar refractivity (Wildman–Crippen MR) is 116 cm³/mol. The first-order valence-electron chi connectivity index (χ1n) is 10.5. The number of hydrogen-bond acceptors (Lipinski definition) is 3. The zero-order valence-electron chi connectivity index (χ0n) is 17.5. The van der Waals surface area contributed by atoms with Gasteiger partial charge in [-0.1, -0.05) is 87.9 Å². The lowest BCUT2D eigenvalue weighted by Crippen LogP contribution is -2.36. The molecule has 29 heavy (non-hydrogen) atoms. The van der Waals surface area contributed by atoms with Gasteiger partial charge < -0.3 is 4.74 Å². The number of benzene rings is 2. The average Bonchev–Trinajstić information content (AvgIpc) is 2.72. The summed E-state index contributed by atoms with van der Waals surface area (Å²) < 4.78 is 5.98. The van der Waals surface area contributed by atoms with Crippen LogP contribution in [0.1, 0.15) is 56.0 Å². The van der Waals surface area contributed by atoms with E-state index >= 15 is 0 Å². The lowest BCUT2D eigenvalue weighted by molar-refractivity contribution is -0.150. The molecule has 0 bridgehead atoms. The van der Waals surface area contributed by atoms with Gasteiger partial charge in [0, 0.05) is 5.56 Å². The topological polar surface area (TPSA) is 43.4 Å². The van der Waals surface area contributed by atoms with Crippen LogP contribution in [0, 0.1) is 17.8 Å². The molecule has 3 nitrogen and oxygen atoms in total. The molecule has 0 spiro atoms. The van der Waals surface area contributed by atoms with Crippen molar-refractivity contribution in [2.75, 3.05) is 0 Å². The van der Waals surface area contributed by atoms with Crippen molar-refractivity contribution in [3.05, 3.63) is 77.4 Å². The molecule has 0 saturated heterocycles. The number of esters is 1. The Labute approximate surface area is 173 Å². The van der Waals surface area contributed by atoms with Crippen molar-refractivity contribution in [1.29, 1.82) is 0 Å². The molecule has 0 aliphatic heterocycles. The van der Waals surface area contributed by atoms with Gasteiger partial charge in [-0.15, -0.1) is 0 Å². The van der Waals surface area contributed by atoms with Crippen LogP contribution in [0.5, 0.6) is 0 Å². The molecule has 2 aromatic carbocycles. The van der Waals surface area contributed by atoms with Crippen LogP contribution in [0.4, 0.5) is 0 Å². The Morgan fingerprint density at radius 1 is 0.966 bits per heavy atom. The third-order valence-corrected chi connectivity index (χ3v) is 5.83. The molecule has 1 aliphatic rings. The van der Waals surface area contributed by atoms with Gasteiger partial charge in [0.15, 0.2) is 5.78 Å². The van der Waals surface area contributed by atoms with Crippen LogP contribution >= 0.6 is 0 Å². The van der Waals surface area contributed by atoms with E-state index in [0.717, 1.165) is 24.8 Å². The van der Waals surface area contributed by atoms with Crippen molar-refractivity contribution in [3.8, 4) is 0 Å². The van der Waals surface area contributed by atoms with Crippen molar-refractivity contribution in [1.82, 2.24) is 0 Å². The third-order valence-electron chi connectivity index (χ3n) is 5.83. The Hall–Kier alpha value is -2.68. The molecule has 0 radical (unpaired) electrons. The van der Waals surface area contributed by atoms with Crippen molar-refractivity contribution in [2.45, 2.75) is 46.1 Å². The molecule has 152 valence electrons. The molecule has 1 saturated carbocycles. The smallest absolute Gasteiger partial charge is 0.342 e. The molecular weight excluding hydrogens is 360 g/mol. The van der Waals surface area contributed by atoms with E-state index in [2.05, 4.69) is 20.8 Å². The number of Topliss-reactive ketones (excluding diaryl/α,β-unsaturated/α-hetero) is 1. The second-order valence-corrected chi connectivity index (χ2v) is 8.43. The van der Waals surface area contributed by atoms with Gasteiger partial charge in [0.05, 0.1) is 0 Å². The van der Waals surface area contributed by atoms with Gasteiger partial charge >= 0.3 is 5.97 Å². The van der Waals surface area contributed by atoms with Crippen LogP contribution in [0.25, 0.3) is 6.08 Å². The Balaban J connectivity index is 1.90. The Bertz CT molecular complexity index is 852. The van der Waals surface area contributed by atoms with Crippen molar-refractivity contribution >= 4 is 17.8 Å². The number of carbonyl (C=O) groups excluding carboxylic acids is 2. The minimum Gasteiger partial charge on any atom is -0.458 e. The fourth-order valence-corrected chi connectivity index (χ4v) is 4.13. The summed E-state index contributed by atoms with van der Waals surface area (Å²) in [5.41, 5.74) is 1.38. The summed E-state index contributed by atoms with van der Waals surface area (Å²) in [5, 5.41) is 0. The highest BCUT2D eigenvalue weighted by Crippen LogP contribution is 2.36.